The van der Waals surface area contributed by atoms with Crippen LogP contribution >= 0.6 is 0 Å². The van der Waals surface area contributed by atoms with Crippen LogP contribution < -0.4 is 10.1 Å². The molecule has 0 unspecified atom stereocenters. The van der Waals surface area contributed by atoms with Gasteiger partial charge in [0.1, 0.15) is 5.75 Å². The molecular weight excluding hydrogens is 262 g/mol. The summed E-state index contributed by atoms with van der Waals surface area (Å²) in [5, 5.41) is 3.14. The third-order valence-corrected chi connectivity index (χ3v) is 3.68. The molecule has 0 aromatic heterocycles. The molecule has 3 nitrogen and oxygen atoms in total. The summed E-state index contributed by atoms with van der Waals surface area (Å²) in [6, 6.07) is 7.98. The molecule has 0 saturated carbocycles. The van der Waals surface area contributed by atoms with Crippen LogP contribution in [0.5, 0.6) is 5.75 Å². The van der Waals surface area contributed by atoms with Gasteiger partial charge in [0.2, 0.25) is 0 Å². The highest BCUT2D eigenvalue weighted by atomic mass is 16.5. The zero-order valence-electron chi connectivity index (χ0n) is 14.1. The van der Waals surface area contributed by atoms with E-state index in [1.807, 2.05) is 38.1 Å². The molecule has 0 aliphatic carbocycles. The first-order valence-electron chi connectivity index (χ1n) is 7.88. The third-order valence-electron chi connectivity index (χ3n) is 3.68. The second kappa shape index (κ2) is 8.06. The minimum atomic E-state index is -0.438. The van der Waals surface area contributed by atoms with E-state index in [9.17, 15) is 4.79 Å². The van der Waals surface area contributed by atoms with Crippen molar-refractivity contribution in [2.24, 2.45) is 11.8 Å². The first kappa shape index (κ1) is 17.5. The number of benzene rings is 1. The van der Waals surface area contributed by atoms with Gasteiger partial charge < -0.3 is 10.1 Å². The van der Waals surface area contributed by atoms with E-state index in [1.54, 1.807) is 0 Å². The van der Waals surface area contributed by atoms with Gasteiger partial charge in [0.05, 0.1) is 0 Å². The van der Waals surface area contributed by atoms with Gasteiger partial charge in [-0.3, -0.25) is 4.79 Å². The lowest BCUT2D eigenvalue weighted by atomic mass is 9.93. The van der Waals surface area contributed by atoms with E-state index >= 15 is 0 Å². The van der Waals surface area contributed by atoms with Crippen LogP contribution in [0.25, 0.3) is 0 Å². The minimum absolute atomic E-state index is 0.0218. The van der Waals surface area contributed by atoms with Crippen molar-refractivity contribution in [2.45, 2.75) is 60.1 Å². The second-order valence-electron chi connectivity index (χ2n) is 6.35. The van der Waals surface area contributed by atoms with E-state index in [2.05, 4.69) is 33.0 Å². The van der Waals surface area contributed by atoms with E-state index in [-0.39, 0.29) is 11.9 Å². The first-order chi connectivity index (χ1) is 9.85. The van der Waals surface area contributed by atoms with Gasteiger partial charge in [-0.1, -0.05) is 46.8 Å². The SMILES string of the molecule is CC[C@@H](Oc1cccc(C)c1)C(=O)NC(C(C)C)C(C)C. The summed E-state index contributed by atoms with van der Waals surface area (Å²) in [6.07, 6.45) is 0.217. The molecule has 21 heavy (non-hydrogen) atoms. The van der Waals surface area contributed by atoms with Crippen molar-refractivity contribution in [1.29, 1.82) is 0 Å². The minimum Gasteiger partial charge on any atom is -0.481 e. The largest absolute Gasteiger partial charge is 0.481 e. The van der Waals surface area contributed by atoms with E-state index in [1.165, 1.54) is 0 Å². The maximum Gasteiger partial charge on any atom is 0.261 e. The number of hydrogen-bond donors (Lipinski definition) is 1. The quantitative estimate of drug-likeness (QED) is 0.826. The van der Waals surface area contributed by atoms with Crippen LogP contribution in [-0.4, -0.2) is 18.1 Å². The lowest BCUT2D eigenvalue weighted by Crippen LogP contribution is -2.48. The van der Waals surface area contributed by atoms with Crippen LogP contribution in [0.2, 0.25) is 0 Å². The van der Waals surface area contributed by atoms with Gasteiger partial charge in [-0.25, -0.2) is 0 Å². The molecule has 1 aromatic carbocycles. The summed E-state index contributed by atoms with van der Waals surface area (Å²) < 4.78 is 5.85. The highest BCUT2D eigenvalue weighted by Gasteiger charge is 2.25. The van der Waals surface area contributed by atoms with E-state index in [0.717, 1.165) is 11.3 Å². The topological polar surface area (TPSA) is 38.3 Å². The number of ether oxygens (including phenoxy) is 1. The molecular formula is C18H29NO2. The highest BCUT2D eigenvalue weighted by Crippen LogP contribution is 2.17. The van der Waals surface area contributed by atoms with Gasteiger partial charge in [-0.15, -0.1) is 0 Å². The van der Waals surface area contributed by atoms with Crippen LogP contribution in [0.1, 0.15) is 46.6 Å². The maximum absolute atomic E-state index is 12.4. The van der Waals surface area contributed by atoms with Crippen LogP contribution in [0.3, 0.4) is 0 Å². The van der Waals surface area contributed by atoms with Gasteiger partial charge in [0, 0.05) is 6.04 Å². The van der Waals surface area contributed by atoms with Gasteiger partial charge >= 0.3 is 0 Å². The van der Waals surface area contributed by atoms with Gasteiger partial charge in [0.15, 0.2) is 6.10 Å². The van der Waals surface area contributed by atoms with Crippen LogP contribution in [0, 0.1) is 18.8 Å². The Balaban J connectivity index is 2.73. The number of amides is 1. The van der Waals surface area contributed by atoms with Gasteiger partial charge in [-0.2, -0.15) is 0 Å². The Bertz CT molecular complexity index is 446. The number of carbonyl (C=O) groups is 1. The molecule has 0 aliphatic heterocycles. The molecule has 1 rings (SSSR count). The zero-order valence-corrected chi connectivity index (χ0v) is 14.1. The predicted molar refractivity (Wildman–Crippen MR) is 87.5 cm³/mol. The summed E-state index contributed by atoms with van der Waals surface area (Å²) >= 11 is 0. The highest BCUT2D eigenvalue weighted by molar-refractivity contribution is 5.81. The van der Waals surface area contributed by atoms with Gasteiger partial charge in [0.25, 0.3) is 5.91 Å². The van der Waals surface area contributed by atoms with E-state index in [0.29, 0.717) is 18.3 Å². The van der Waals surface area contributed by atoms with Gasteiger partial charge in [-0.05, 0) is 42.9 Å². The zero-order chi connectivity index (χ0) is 16.0. The predicted octanol–water partition coefficient (Wildman–Crippen LogP) is 3.95. The number of hydrogen-bond acceptors (Lipinski definition) is 2. The number of rotatable bonds is 7. The molecule has 0 heterocycles. The summed E-state index contributed by atoms with van der Waals surface area (Å²) in [5.41, 5.74) is 1.13. The number of carbonyl (C=O) groups excluding carboxylic acids is 1. The third kappa shape index (κ3) is 5.41. The molecule has 3 heteroatoms. The average Bonchev–Trinajstić information content (AvgIpc) is 2.41. The Morgan fingerprint density at radius 3 is 2.29 bits per heavy atom. The Morgan fingerprint density at radius 2 is 1.81 bits per heavy atom. The van der Waals surface area contributed by atoms with Crippen LogP contribution in [0.4, 0.5) is 0 Å². The van der Waals surface area contributed by atoms with Crippen molar-refractivity contribution >= 4 is 5.91 Å². The fraction of sp³-hybridized carbons (Fsp3) is 0.611. The first-order valence-corrected chi connectivity index (χ1v) is 7.88. The Hall–Kier alpha value is -1.51. The summed E-state index contributed by atoms with van der Waals surface area (Å²) in [4.78, 5) is 12.4. The standard InChI is InChI=1S/C18H29NO2/c1-7-16(21-15-10-8-9-14(6)11-15)18(20)19-17(12(2)3)13(4)5/h8-13,16-17H,7H2,1-6H3,(H,19,20)/t16-/m1/s1. The smallest absolute Gasteiger partial charge is 0.261 e. The molecule has 0 fully saturated rings. The molecule has 1 N–H and O–H groups in total. The molecule has 1 aromatic rings. The van der Waals surface area contributed by atoms with Crippen LogP contribution in [-0.2, 0) is 4.79 Å². The average molecular weight is 291 g/mol. The second-order valence-corrected chi connectivity index (χ2v) is 6.35. The van der Waals surface area contributed by atoms with E-state index < -0.39 is 6.10 Å². The monoisotopic (exact) mass is 291 g/mol. The fourth-order valence-electron chi connectivity index (χ4n) is 2.54. The number of nitrogens with one attached hydrogen (secondary N) is 1. The normalized spacial score (nSPS) is 12.8. The van der Waals surface area contributed by atoms with Crippen molar-refractivity contribution in [3.8, 4) is 5.75 Å². The summed E-state index contributed by atoms with van der Waals surface area (Å²) in [7, 11) is 0. The van der Waals surface area contributed by atoms with E-state index in [4.69, 9.17) is 4.74 Å². The van der Waals surface area contributed by atoms with Crippen molar-refractivity contribution in [3.05, 3.63) is 29.8 Å². The maximum atomic E-state index is 12.4. The molecule has 118 valence electrons. The lowest BCUT2D eigenvalue weighted by molar-refractivity contribution is -0.129. The Morgan fingerprint density at radius 1 is 1.19 bits per heavy atom. The molecule has 1 atom stereocenters. The molecule has 0 saturated heterocycles. The molecule has 0 bridgehead atoms. The Labute approximate surface area is 129 Å². The molecule has 0 aliphatic rings. The number of aryl methyl sites for hydroxylation is 1. The van der Waals surface area contributed by atoms with Crippen molar-refractivity contribution in [1.82, 2.24) is 5.32 Å². The lowest BCUT2D eigenvalue weighted by Gasteiger charge is -2.28. The Kier molecular flexibility index (Phi) is 6.73. The summed E-state index contributed by atoms with van der Waals surface area (Å²) in [5.74, 6) is 1.55. The molecule has 1 amide bonds. The molecule has 0 radical (unpaired) electrons. The molecule has 0 spiro atoms. The summed E-state index contributed by atoms with van der Waals surface area (Å²) in [6.45, 7) is 12.5. The fourth-order valence-corrected chi connectivity index (χ4v) is 2.54. The van der Waals surface area contributed by atoms with Crippen molar-refractivity contribution in [2.75, 3.05) is 0 Å². The van der Waals surface area contributed by atoms with Crippen molar-refractivity contribution in [3.63, 3.8) is 0 Å². The van der Waals surface area contributed by atoms with Crippen LogP contribution in [0.15, 0.2) is 24.3 Å². The van der Waals surface area contributed by atoms with Crippen molar-refractivity contribution < 1.29 is 9.53 Å².